The second-order valence-corrected chi connectivity index (χ2v) is 5.60. The summed E-state index contributed by atoms with van der Waals surface area (Å²) in [5.74, 6) is -0.101. The third-order valence-corrected chi connectivity index (χ3v) is 3.93. The Labute approximate surface area is 134 Å². The maximum Gasteiger partial charge on any atom is 0.238 e. The summed E-state index contributed by atoms with van der Waals surface area (Å²) < 4.78 is 0. The van der Waals surface area contributed by atoms with E-state index in [0.717, 1.165) is 26.2 Å². The molecule has 1 aliphatic rings. The first-order valence-electron chi connectivity index (χ1n) is 7.17. The highest BCUT2D eigenvalue weighted by Crippen LogP contribution is 2.20. The molecule has 6 nitrogen and oxygen atoms in total. The molecule has 1 fully saturated rings. The minimum Gasteiger partial charge on any atom is -0.395 e. The number of aliphatic hydroxyl groups is 1. The van der Waals surface area contributed by atoms with Crippen LogP contribution in [0.2, 0.25) is 5.02 Å². The predicted molar refractivity (Wildman–Crippen MR) is 84.8 cm³/mol. The van der Waals surface area contributed by atoms with Gasteiger partial charge in [0.25, 0.3) is 0 Å². The molecule has 2 N–H and O–H groups in total. The summed E-state index contributed by atoms with van der Waals surface area (Å²) in [4.78, 5) is 16.3. The molecule has 0 unspecified atom stereocenters. The molecular weight excluding hydrogens is 304 g/mol. The van der Waals surface area contributed by atoms with Crippen LogP contribution in [0.25, 0.3) is 0 Å². The Bertz CT molecular complexity index is 565. The maximum absolute atomic E-state index is 12.0. The monoisotopic (exact) mass is 322 g/mol. The Morgan fingerprint density at radius 2 is 2.00 bits per heavy atom. The van der Waals surface area contributed by atoms with Crippen molar-refractivity contribution in [1.82, 2.24) is 9.80 Å². The average Bonchev–Trinajstić information content (AvgIpc) is 2.50. The number of nitrogens with one attached hydrogen (secondary N) is 1. The van der Waals surface area contributed by atoms with E-state index >= 15 is 0 Å². The lowest BCUT2D eigenvalue weighted by Gasteiger charge is -2.33. The van der Waals surface area contributed by atoms with E-state index in [0.29, 0.717) is 29.4 Å². The van der Waals surface area contributed by atoms with Gasteiger partial charge in [0, 0.05) is 38.4 Å². The van der Waals surface area contributed by atoms with E-state index in [-0.39, 0.29) is 12.5 Å². The predicted octanol–water partition coefficient (Wildman–Crippen LogP) is 0.760. The lowest BCUT2D eigenvalue weighted by atomic mass is 10.2. The smallest absolute Gasteiger partial charge is 0.238 e. The quantitative estimate of drug-likeness (QED) is 0.836. The van der Waals surface area contributed by atoms with E-state index in [2.05, 4.69) is 15.1 Å². The van der Waals surface area contributed by atoms with E-state index in [1.807, 2.05) is 6.07 Å². The number of β-amino-alcohol motifs (C(OH)–C–C–N with tert-alkyl or cyclic N) is 1. The van der Waals surface area contributed by atoms with Crippen LogP contribution in [0.1, 0.15) is 5.56 Å². The van der Waals surface area contributed by atoms with Crippen LogP contribution >= 0.6 is 11.6 Å². The molecule has 0 aromatic heterocycles. The number of anilines is 1. The highest BCUT2D eigenvalue weighted by atomic mass is 35.5. The van der Waals surface area contributed by atoms with Crippen LogP contribution in [0.5, 0.6) is 0 Å². The van der Waals surface area contributed by atoms with E-state index < -0.39 is 0 Å². The minimum absolute atomic E-state index is 0.101. The Morgan fingerprint density at radius 1 is 1.32 bits per heavy atom. The van der Waals surface area contributed by atoms with Crippen molar-refractivity contribution < 1.29 is 9.90 Å². The maximum atomic E-state index is 12.0. The van der Waals surface area contributed by atoms with Gasteiger partial charge >= 0.3 is 0 Å². The largest absolute Gasteiger partial charge is 0.395 e. The normalized spacial score (nSPS) is 16.2. The van der Waals surface area contributed by atoms with Gasteiger partial charge in [-0.1, -0.05) is 11.6 Å². The van der Waals surface area contributed by atoms with Crippen LogP contribution in [0.3, 0.4) is 0 Å². The minimum atomic E-state index is -0.101. The van der Waals surface area contributed by atoms with Crippen molar-refractivity contribution in [3.05, 3.63) is 28.8 Å². The van der Waals surface area contributed by atoms with E-state index in [1.54, 1.807) is 18.2 Å². The van der Waals surface area contributed by atoms with Crippen LogP contribution < -0.4 is 5.32 Å². The number of piperazine rings is 1. The van der Waals surface area contributed by atoms with Crippen molar-refractivity contribution in [2.75, 3.05) is 51.2 Å². The fraction of sp³-hybridized carbons (Fsp3) is 0.467. The standard InChI is InChI=1S/C15H19ClN4O2/c16-14-9-13(2-1-12(14)10-17)18-15(22)11-20-5-3-19(4-6-20)7-8-21/h1-2,9,21H,3-8,11H2,(H,18,22). The Kier molecular flexibility index (Phi) is 6.16. The highest BCUT2D eigenvalue weighted by molar-refractivity contribution is 6.32. The first-order chi connectivity index (χ1) is 10.6. The number of carbonyl (C=O) groups is 1. The van der Waals surface area contributed by atoms with Crippen molar-refractivity contribution in [2.45, 2.75) is 0 Å². The van der Waals surface area contributed by atoms with Gasteiger partial charge in [-0.15, -0.1) is 0 Å². The molecule has 0 atom stereocenters. The van der Waals surface area contributed by atoms with E-state index in [4.69, 9.17) is 22.0 Å². The molecule has 0 radical (unpaired) electrons. The van der Waals surface area contributed by atoms with Gasteiger partial charge < -0.3 is 10.4 Å². The summed E-state index contributed by atoms with van der Waals surface area (Å²) in [6.07, 6.45) is 0. The van der Waals surface area contributed by atoms with Gasteiger partial charge in [-0.2, -0.15) is 5.26 Å². The van der Waals surface area contributed by atoms with Crippen LogP contribution in [-0.4, -0.2) is 66.7 Å². The van der Waals surface area contributed by atoms with Crippen molar-refractivity contribution in [1.29, 1.82) is 5.26 Å². The molecule has 0 bridgehead atoms. The summed E-state index contributed by atoms with van der Waals surface area (Å²) in [5.41, 5.74) is 0.979. The number of hydrogen-bond donors (Lipinski definition) is 2. The zero-order valence-electron chi connectivity index (χ0n) is 12.3. The molecule has 1 saturated heterocycles. The molecule has 0 spiro atoms. The molecule has 1 amide bonds. The third-order valence-electron chi connectivity index (χ3n) is 3.62. The van der Waals surface area contributed by atoms with Crippen molar-refractivity contribution >= 4 is 23.2 Å². The van der Waals surface area contributed by atoms with Gasteiger partial charge in [0.15, 0.2) is 0 Å². The van der Waals surface area contributed by atoms with Crippen molar-refractivity contribution in [2.24, 2.45) is 0 Å². The van der Waals surface area contributed by atoms with Crippen molar-refractivity contribution in [3.8, 4) is 6.07 Å². The molecule has 0 saturated carbocycles. The summed E-state index contributed by atoms with van der Waals surface area (Å²) in [6, 6.07) is 6.82. The molecular formula is C15H19ClN4O2. The van der Waals surface area contributed by atoms with Gasteiger partial charge in [0.2, 0.25) is 5.91 Å². The van der Waals surface area contributed by atoms with Crippen LogP contribution in [0, 0.1) is 11.3 Å². The number of amides is 1. The van der Waals surface area contributed by atoms with Crippen LogP contribution in [0.15, 0.2) is 18.2 Å². The average molecular weight is 323 g/mol. The molecule has 2 rings (SSSR count). The highest BCUT2D eigenvalue weighted by Gasteiger charge is 2.18. The van der Waals surface area contributed by atoms with Crippen LogP contribution in [0.4, 0.5) is 5.69 Å². The summed E-state index contributed by atoms with van der Waals surface area (Å²) in [5, 5.41) is 20.8. The summed E-state index contributed by atoms with van der Waals surface area (Å²) >= 11 is 5.94. The zero-order chi connectivity index (χ0) is 15.9. The number of nitriles is 1. The molecule has 1 aromatic carbocycles. The summed E-state index contributed by atoms with van der Waals surface area (Å²) in [6.45, 7) is 4.50. The molecule has 1 heterocycles. The number of nitrogens with zero attached hydrogens (tertiary/aromatic N) is 3. The van der Waals surface area contributed by atoms with E-state index in [1.165, 1.54) is 0 Å². The van der Waals surface area contributed by atoms with Gasteiger partial charge in [0.1, 0.15) is 6.07 Å². The van der Waals surface area contributed by atoms with Gasteiger partial charge in [0.05, 0.1) is 23.7 Å². The first kappa shape index (κ1) is 16.7. The van der Waals surface area contributed by atoms with E-state index in [9.17, 15) is 4.79 Å². The number of carbonyl (C=O) groups excluding carboxylic acids is 1. The van der Waals surface area contributed by atoms with Crippen molar-refractivity contribution in [3.63, 3.8) is 0 Å². The van der Waals surface area contributed by atoms with Gasteiger partial charge in [-0.05, 0) is 18.2 Å². The second-order valence-electron chi connectivity index (χ2n) is 5.20. The SMILES string of the molecule is N#Cc1ccc(NC(=O)CN2CCN(CCO)CC2)cc1Cl. The second kappa shape index (κ2) is 8.11. The number of halogens is 1. The summed E-state index contributed by atoms with van der Waals surface area (Å²) in [7, 11) is 0. The number of rotatable bonds is 5. The van der Waals surface area contributed by atoms with Gasteiger partial charge in [-0.25, -0.2) is 0 Å². The zero-order valence-corrected chi connectivity index (χ0v) is 13.0. The van der Waals surface area contributed by atoms with Gasteiger partial charge in [-0.3, -0.25) is 14.6 Å². The molecule has 1 aromatic rings. The fourth-order valence-electron chi connectivity index (χ4n) is 2.40. The Balaban J connectivity index is 1.81. The topological polar surface area (TPSA) is 79.6 Å². The first-order valence-corrected chi connectivity index (χ1v) is 7.55. The lowest BCUT2D eigenvalue weighted by Crippen LogP contribution is -2.49. The molecule has 0 aliphatic carbocycles. The van der Waals surface area contributed by atoms with Crippen LogP contribution in [-0.2, 0) is 4.79 Å². The fourth-order valence-corrected chi connectivity index (χ4v) is 2.62. The molecule has 22 heavy (non-hydrogen) atoms. The number of hydrogen-bond acceptors (Lipinski definition) is 5. The molecule has 7 heteroatoms. The third kappa shape index (κ3) is 4.68. The molecule has 118 valence electrons. The Hall–Kier alpha value is -1.65. The molecule has 1 aliphatic heterocycles. The lowest BCUT2D eigenvalue weighted by molar-refractivity contribution is -0.117. The number of benzene rings is 1. The number of aliphatic hydroxyl groups excluding tert-OH is 1. The Morgan fingerprint density at radius 3 is 2.59 bits per heavy atom.